The van der Waals surface area contributed by atoms with Gasteiger partial charge in [0.15, 0.2) is 0 Å². The molecule has 2 aromatic rings. The molecule has 1 aliphatic carbocycles. The Morgan fingerprint density at radius 2 is 1.91 bits per heavy atom. The first-order chi connectivity index (χ1) is 11.1. The number of aromatic nitrogens is 2. The van der Waals surface area contributed by atoms with Gasteiger partial charge in [-0.25, -0.2) is 9.97 Å². The van der Waals surface area contributed by atoms with E-state index in [-0.39, 0.29) is 10.5 Å². The van der Waals surface area contributed by atoms with Gasteiger partial charge in [0.25, 0.3) is 0 Å². The lowest BCUT2D eigenvalue weighted by Gasteiger charge is -2.11. The summed E-state index contributed by atoms with van der Waals surface area (Å²) in [6.45, 7) is 0. The highest BCUT2D eigenvalue weighted by atomic mass is 35.5. The monoisotopic (exact) mass is 362 g/mol. The summed E-state index contributed by atoms with van der Waals surface area (Å²) < 4.78 is 5.13. The maximum absolute atomic E-state index is 12.5. The lowest BCUT2D eigenvalue weighted by molar-refractivity contribution is 0.400. The van der Waals surface area contributed by atoms with Crippen molar-refractivity contribution in [1.29, 1.82) is 0 Å². The van der Waals surface area contributed by atoms with Gasteiger partial charge in [0.1, 0.15) is 15.4 Å². The van der Waals surface area contributed by atoms with E-state index in [0.29, 0.717) is 37.2 Å². The molecule has 1 aromatic heterocycles. The van der Waals surface area contributed by atoms with Gasteiger partial charge in [0.2, 0.25) is 11.3 Å². The Balaban J connectivity index is 2.21. The molecule has 0 spiro atoms. The molecular weight excluding hydrogens is 355 g/mol. The Morgan fingerprint density at radius 3 is 2.70 bits per heavy atom. The molecule has 0 N–H and O–H groups in total. The molecule has 4 nitrogen and oxygen atoms in total. The molecule has 0 radical (unpaired) electrons. The van der Waals surface area contributed by atoms with E-state index in [1.807, 2.05) is 6.07 Å². The molecule has 2 aliphatic rings. The molecule has 23 heavy (non-hydrogen) atoms. The molecule has 1 aliphatic heterocycles. The van der Waals surface area contributed by atoms with E-state index in [1.54, 1.807) is 31.4 Å². The molecule has 1 aromatic carbocycles. The molecule has 0 bridgehead atoms. The molecule has 4 rings (SSSR count). The number of methoxy groups -OCH3 is 1. The van der Waals surface area contributed by atoms with Crippen LogP contribution in [0.15, 0.2) is 35.1 Å². The first-order valence-electron chi connectivity index (χ1n) is 6.65. The van der Waals surface area contributed by atoms with E-state index in [4.69, 9.17) is 27.9 Å². The first kappa shape index (κ1) is 14.6. The number of halogens is 2. The minimum absolute atomic E-state index is 0.138. The highest BCUT2D eigenvalue weighted by Gasteiger charge is 2.20. The van der Waals surface area contributed by atoms with Crippen LogP contribution < -0.4 is 10.2 Å². The van der Waals surface area contributed by atoms with E-state index < -0.39 is 0 Å². The zero-order valence-corrected chi connectivity index (χ0v) is 14.1. The van der Waals surface area contributed by atoms with Gasteiger partial charge < -0.3 is 4.74 Å². The molecule has 114 valence electrons. The Labute approximate surface area is 144 Å². The van der Waals surface area contributed by atoms with Crippen molar-refractivity contribution < 1.29 is 4.74 Å². The minimum atomic E-state index is -0.253. The third-order valence-electron chi connectivity index (χ3n) is 3.55. The maximum Gasteiger partial charge on any atom is 0.214 e. The zero-order chi connectivity index (χ0) is 16.1. The van der Waals surface area contributed by atoms with Gasteiger partial charge >= 0.3 is 0 Å². The molecule has 0 amide bonds. The predicted molar refractivity (Wildman–Crippen MR) is 94.4 cm³/mol. The number of hydrogen-bond donors (Lipinski definition) is 0. The van der Waals surface area contributed by atoms with Crippen LogP contribution in [0.4, 0.5) is 0 Å². The van der Waals surface area contributed by atoms with Gasteiger partial charge in [-0.3, -0.25) is 4.79 Å². The Bertz CT molecular complexity index is 1110. The normalized spacial score (nSPS) is 11.4. The molecule has 0 saturated carbocycles. The second kappa shape index (κ2) is 5.30. The van der Waals surface area contributed by atoms with Crippen LogP contribution in [0.2, 0.25) is 10.0 Å². The van der Waals surface area contributed by atoms with E-state index in [1.165, 1.54) is 11.3 Å². The van der Waals surface area contributed by atoms with Crippen LogP contribution >= 0.6 is 34.5 Å². The SMILES string of the molecule is COc1ccc2nc3c4ccc(Cl)cc4c(=O)c(Cl)c-3sc2n1. The summed E-state index contributed by atoms with van der Waals surface area (Å²) in [6.07, 6.45) is 0. The van der Waals surface area contributed by atoms with Crippen molar-refractivity contribution in [3.05, 3.63) is 50.6 Å². The van der Waals surface area contributed by atoms with E-state index in [9.17, 15) is 4.79 Å². The molecule has 0 unspecified atom stereocenters. The Kier molecular flexibility index (Phi) is 3.37. The minimum Gasteiger partial charge on any atom is -0.481 e. The van der Waals surface area contributed by atoms with Crippen LogP contribution in [-0.4, -0.2) is 17.1 Å². The van der Waals surface area contributed by atoms with Crippen molar-refractivity contribution in [3.8, 4) is 16.5 Å². The van der Waals surface area contributed by atoms with Crippen LogP contribution in [0.1, 0.15) is 0 Å². The van der Waals surface area contributed by atoms with E-state index in [2.05, 4.69) is 9.97 Å². The summed E-state index contributed by atoms with van der Waals surface area (Å²) in [5, 5.41) is 1.82. The standard InChI is InChI=1S/C16H8Cl2N2O2S/c1-22-11-5-4-10-16(20-11)23-15-12(18)14(21)9-6-7(17)2-3-8(9)13(15)19-10/h2-6H,1H3. The fourth-order valence-corrected chi connectivity index (χ4v) is 3.93. The molecule has 7 heteroatoms. The third kappa shape index (κ3) is 2.24. The molecule has 0 saturated heterocycles. The van der Waals surface area contributed by atoms with Gasteiger partial charge in [0.05, 0.1) is 17.7 Å². The van der Waals surface area contributed by atoms with Crippen molar-refractivity contribution in [3.63, 3.8) is 0 Å². The largest absolute Gasteiger partial charge is 0.481 e. The smallest absolute Gasteiger partial charge is 0.214 e. The summed E-state index contributed by atoms with van der Waals surface area (Å²) >= 11 is 13.6. The number of pyridine rings is 1. The Morgan fingerprint density at radius 1 is 1.09 bits per heavy atom. The highest BCUT2D eigenvalue weighted by molar-refractivity contribution is 7.21. The van der Waals surface area contributed by atoms with E-state index in [0.717, 1.165) is 5.39 Å². The average Bonchev–Trinajstić information content (AvgIpc) is 2.57. The van der Waals surface area contributed by atoms with Gasteiger partial charge in [0, 0.05) is 21.9 Å². The van der Waals surface area contributed by atoms with Gasteiger partial charge in [-0.2, -0.15) is 0 Å². The summed E-state index contributed by atoms with van der Waals surface area (Å²) in [5.41, 5.74) is 1.14. The van der Waals surface area contributed by atoms with Crippen LogP contribution in [0.3, 0.4) is 0 Å². The van der Waals surface area contributed by atoms with Crippen LogP contribution in [-0.2, 0) is 0 Å². The molecule has 0 atom stereocenters. The fraction of sp³-hybridized carbons (Fsp3) is 0.0625. The topological polar surface area (TPSA) is 52.1 Å². The second-order valence-electron chi connectivity index (χ2n) is 4.90. The number of nitrogens with zero attached hydrogens (tertiary/aromatic N) is 2. The van der Waals surface area contributed by atoms with Gasteiger partial charge in [-0.15, -0.1) is 11.3 Å². The number of ether oxygens (including phenoxy) is 1. The second-order valence-corrected chi connectivity index (χ2v) is 6.72. The summed E-state index contributed by atoms with van der Waals surface area (Å²) in [7, 11) is 1.55. The maximum atomic E-state index is 12.5. The predicted octanol–water partition coefficient (Wildman–Crippen LogP) is 4.62. The number of rotatable bonds is 1. The summed E-state index contributed by atoms with van der Waals surface area (Å²) in [4.78, 5) is 22.8. The van der Waals surface area contributed by atoms with Crippen molar-refractivity contribution in [2.45, 2.75) is 0 Å². The van der Waals surface area contributed by atoms with Crippen LogP contribution in [0.25, 0.3) is 31.7 Å². The zero-order valence-electron chi connectivity index (χ0n) is 11.8. The van der Waals surface area contributed by atoms with Gasteiger partial charge in [-0.05, 0) is 18.2 Å². The quantitative estimate of drug-likeness (QED) is 0.366. The third-order valence-corrected chi connectivity index (χ3v) is 5.35. The fourth-order valence-electron chi connectivity index (χ4n) is 2.47. The first-order valence-corrected chi connectivity index (χ1v) is 8.22. The average molecular weight is 363 g/mol. The van der Waals surface area contributed by atoms with Crippen LogP contribution in [0.5, 0.6) is 5.88 Å². The summed E-state index contributed by atoms with van der Waals surface area (Å²) in [5.74, 6) is 0.487. The Hall–Kier alpha value is -1.95. The molecular formula is C16H8Cl2N2O2S. The van der Waals surface area contributed by atoms with Gasteiger partial charge in [-0.1, -0.05) is 29.3 Å². The molecule has 0 fully saturated rings. The summed E-state index contributed by atoms with van der Waals surface area (Å²) in [6, 6.07) is 8.72. The number of benzene rings is 2. The van der Waals surface area contributed by atoms with Crippen LogP contribution in [0, 0.1) is 0 Å². The lowest BCUT2D eigenvalue weighted by atomic mass is 10.1. The van der Waals surface area contributed by atoms with Crippen molar-refractivity contribution in [2.75, 3.05) is 7.11 Å². The number of hydrogen-bond acceptors (Lipinski definition) is 5. The lowest BCUT2D eigenvalue weighted by Crippen LogP contribution is -2.06. The van der Waals surface area contributed by atoms with Crippen molar-refractivity contribution in [1.82, 2.24) is 9.97 Å². The van der Waals surface area contributed by atoms with E-state index >= 15 is 0 Å². The number of fused-ring (bicyclic) bond motifs is 4. The van der Waals surface area contributed by atoms with Crippen molar-refractivity contribution in [2.24, 2.45) is 0 Å². The molecule has 2 heterocycles. The van der Waals surface area contributed by atoms with Crippen molar-refractivity contribution >= 4 is 55.7 Å². The highest BCUT2D eigenvalue weighted by Crippen LogP contribution is 2.39.